The van der Waals surface area contributed by atoms with Crippen molar-refractivity contribution in [2.45, 2.75) is 32.8 Å². The summed E-state index contributed by atoms with van der Waals surface area (Å²) in [6.45, 7) is 4.98. The molecule has 0 spiro atoms. The molecule has 1 fully saturated rings. The standard InChI is InChI=1S/C23H27N3O4/c1-3-4-13-24-21-11-7-18(8-12-22(21)28)17-5-9-19(10-6-17)26-15-20(30-23(26)29)14-25-16(2)27/h5-12,20H,3-4,13-15H2,1-2H3,(H,24,28)(H,25,27). The van der Waals surface area contributed by atoms with E-state index >= 15 is 0 Å². The van der Waals surface area contributed by atoms with E-state index in [1.165, 1.54) is 6.92 Å². The SMILES string of the molecule is CCCCNc1ccc(-c2ccc(N3CC(CNC(C)=O)OC3=O)cc2)ccc1=O. The molecule has 0 aromatic heterocycles. The van der Waals surface area contributed by atoms with Gasteiger partial charge in [-0.25, -0.2) is 4.79 Å². The lowest BCUT2D eigenvalue weighted by molar-refractivity contribution is -0.119. The third-order valence-electron chi connectivity index (χ3n) is 4.92. The number of nitrogens with zero attached hydrogens (tertiary/aromatic N) is 1. The van der Waals surface area contributed by atoms with Gasteiger partial charge in [-0.1, -0.05) is 37.6 Å². The van der Waals surface area contributed by atoms with Gasteiger partial charge in [0.1, 0.15) is 6.10 Å². The van der Waals surface area contributed by atoms with Gasteiger partial charge < -0.3 is 15.4 Å². The Morgan fingerprint density at radius 1 is 1.07 bits per heavy atom. The zero-order valence-electron chi connectivity index (χ0n) is 17.3. The van der Waals surface area contributed by atoms with Crippen molar-refractivity contribution >= 4 is 23.4 Å². The number of cyclic esters (lactones) is 1. The fourth-order valence-corrected chi connectivity index (χ4v) is 3.23. The molecule has 2 aromatic rings. The molecule has 1 unspecified atom stereocenters. The maximum atomic E-state index is 12.2. The first-order valence-electron chi connectivity index (χ1n) is 10.2. The number of carbonyl (C=O) groups excluding carboxylic acids is 2. The van der Waals surface area contributed by atoms with E-state index in [-0.39, 0.29) is 17.4 Å². The van der Waals surface area contributed by atoms with Crippen LogP contribution in [-0.2, 0) is 9.53 Å². The van der Waals surface area contributed by atoms with Crippen molar-refractivity contribution in [1.29, 1.82) is 0 Å². The number of nitrogens with one attached hydrogen (secondary N) is 2. The average Bonchev–Trinajstić information content (AvgIpc) is 3.01. The molecule has 7 nitrogen and oxygen atoms in total. The zero-order chi connectivity index (χ0) is 21.5. The molecule has 0 aliphatic carbocycles. The van der Waals surface area contributed by atoms with E-state index in [2.05, 4.69) is 17.6 Å². The lowest BCUT2D eigenvalue weighted by Gasteiger charge is -2.13. The van der Waals surface area contributed by atoms with Crippen LogP contribution in [0.4, 0.5) is 16.2 Å². The van der Waals surface area contributed by atoms with Crippen molar-refractivity contribution in [3.8, 4) is 11.1 Å². The molecule has 0 saturated carbocycles. The van der Waals surface area contributed by atoms with E-state index in [1.807, 2.05) is 36.4 Å². The lowest BCUT2D eigenvalue weighted by Crippen LogP contribution is -2.33. The molecular formula is C23H27N3O4. The van der Waals surface area contributed by atoms with Gasteiger partial charge in [0.15, 0.2) is 0 Å². The molecule has 7 heteroatoms. The Labute approximate surface area is 176 Å². The molecule has 2 amide bonds. The van der Waals surface area contributed by atoms with Crippen LogP contribution < -0.4 is 21.0 Å². The number of carbonyl (C=O) groups is 2. The molecular weight excluding hydrogens is 382 g/mol. The van der Waals surface area contributed by atoms with Gasteiger partial charge in [0.25, 0.3) is 0 Å². The van der Waals surface area contributed by atoms with E-state index in [0.29, 0.717) is 18.8 Å². The molecule has 1 aliphatic rings. The minimum absolute atomic E-state index is 0.0426. The number of unbranched alkanes of at least 4 members (excludes halogenated alkanes) is 1. The topological polar surface area (TPSA) is 87.7 Å². The fourth-order valence-electron chi connectivity index (χ4n) is 3.23. The summed E-state index contributed by atoms with van der Waals surface area (Å²) in [7, 11) is 0. The molecule has 30 heavy (non-hydrogen) atoms. The van der Waals surface area contributed by atoms with Gasteiger partial charge in [-0.3, -0.25) is 14.5 Å². The predicted molar refractivity (Wildman–Crippen MR) is 118 cm³/mol. The van der Waals surface area contributed by atoms with Crippen molar-refractivity contribution in [2.24, 2.45) is 0 Å². The number of hydrogen-bond acceptors (Lipinski definition) is 5. The highest BCUT2D eigenvalue weighted by atomic mass is 16.6. The molecule has 1 aliphatic heterocycles. The summed E-state index contributed by atoms with van der Waals surface area (Å²) in [5.41, 5.74) is 3.13. The molecule has 3 rings (SSSR count). The minimum Gasteiger partial charge on any atom is -0.442 e. The second-order valence-corrected chi connectivity index (χ2v) is 7.28. The van der Waals surface area contributed by atoms with Crippen LogP contribution in [0.3, 0.4) is 0 Å². The largest absolute Gasteiger partial charge is 0.442 e. The van der Waals surface area contributed by atoms with Crippen molar-refractivity contribution in [3.63, 3.8) is 0 Å². The first-order chi connectivity index (χ1) is 14.5. The Kier molecular flexibility index (Phi) is 7.06. The van der Waals surface area contributed by atoms with E-state index in [9.17, 15) is 14.4 Å². The third-order valence-corrected chi connectivity index (χ3v) is 4.92. The molecule has 1 saturated heterocycles. The van der Waals surface area contributed by atoms with Crippen LogP contribution in [0.25, 0.3) is 11.1 Å². The minimum atomic E-state index is -0.428. The zero-order valence-corrected chi connectivity index (χ0v) is 17.3. The van der Waals surface area contributed by atoms with Crippen LogP contribution in [0.1, 0.15) is 26.7 Å². The highest BCUT2D eigenvalue weighted by molar-refractivity contribution is 5.90. The summed E-state index contributed by atoms with van der Waals surface area (Å²) in [5, 5.41) is 5.85. The van der Waals surface area contributed by atoms with Crippen LogP contribution in [-0.4, -0.2) is 37.7 Å². The maximum Gasteiger partial charge on any atom is 0.414 e. The second-order valence-electron chi connectivity index (χ2n) is 7.28. The maximum absolute atomic E-state index is 12.2. The van der Waals surface area contributed by atoms with Crippen molar-refractivity contribution in [2.75, 3.05) is 29.9 Å². The van der Waals surface area contributed by atoms with Crippen LogP contribution in [0.2, 0.25) is 0 Å². The van der Waals surface area contributed by atoms with E-state index in [1.54, 1.807) is 17.0 Å². The van der Waals surface area contributed by atoms with E-state index in [4.69, 9.17) is 4.74 Å². The van der Waals surface area contributed by atoms with Crippen LogP contribution in [0.5, 0.6) is 0 Å². The van der Waals surface area contributed by atoms with E-state index < -0.39 is 6.09 Å². The molecule has 0 radical (unpaired) electrons. The van der Waals surface area contributed by atoms with Gasteiger partial charge >= 0.3 is 6.09 Å². The number of rotatable bonds is 8. The number of hydrogen-bond donors (Lipinski definition) is 2. The van der Waals surface area contributed by atoms with Gasteiger partial charge in [0.05, 0.1) is 18.8 Å². The Morgan fingerprint density at radius 2 is 1.73 bits per heavy atom. The molecule has 1 atom stereocenters. The second kappa shape index (κ2) is 9.91. The van der Waals surface area contributed by atoms with Crippen molar-refractivity contribution in [3.05, 3.63) is 58.8 Å². The normalized spacial score (nSPS) is 15.6. The van der Waals surface area contributed by atoms with Crippen LogP contribution in [0.15, 0.2) is 53.3 Å². The Bertz CT molecular complexity index is 959. The monoisotopic (exact) mass is 409 g/mol. The van der Waals surface area contributed by atoms with Crippen molar-refractivity contribution < 1.29 is 14.3 Å². The molecule has 2 aromatic carbocycles. The number of benzene rings is 1. The van der Waals surface area contributed by atoms with E-state index in [0.717, 1.165) is 36.2 Å². The Balaban J connectivity index is 1.71. The summed E-state index contributed by atoms with van der Waals surface area (Å²) in [5.74, 6) is -0.158. The van der Waals surface area contributed by atoms with Gasteiger partial charge in [-0.05, 0) is 41.8 Å². The Hall–Kier alpha value is -3.35. The summed E-state index contributed by atoms with van der Waals surface area (Å²) in [6.07, 6.45) is 1.28. The highest BCUT2D eigenvalue weighted by Crippen LogP contribution is 2.26. The van der Waals surface area contributed by atoms with Crippen LogP contribution in [0, 0.1) is 0 Å². The quantitative estimate of drug-likeness (QED) is 0.653. The summed E-state index contributed by atoms with van der Waals surface area (Å²) >= 11 is 0. The number of anilines is 2. The van der Waals surface area contributed by atoms with Gasteiger partial charge in [0.2, 0.25) is 11.3 Å². The summed E-state index contributed by atoms with van der Waals surface area (Å²) < 4.78 is 5.30. The molecule has 158 valence electrons. The van der Waals surface area contributed by atoms with Gasteiger partial charge in [0, 0.05) is 19.2 Å². The molecule has 2 N–H and O–H groups in total. The van der Waals surface area contributed by atoms with Crippen LogP contribution >= 0.6 is 0 Å². The number of ether oxygens (including phenoxy) is 1. The lowest BCUT2D eigenvalue weighted by atomic mass is 10.1. The summed E-state index contributed by atoms with van der Waals surface area (Å²) in [6, 6.07) is 14.6. The highest BCUT2D eigenvalue weighted by Gasteiger charge is 2.32. The first-order valence-corrected chi connectivity index (χ1v) is 10.2. The summed E-state index contributed by atoms with van der Waals surface area (Å²) in [4.78, 5) is 37.0. The van der Waals surface area contributed by atoms with Gasteiger partial charge in [-0.2, -0.15) is 0 Å². The number of amides is 2. The molecule has 0 bridgehead atoms. The third kappa shape index (κ3) is 5.37. The predicted octanol–water partition coefficient (Wildman–Crippen LogP) is 3.39. The smallest absolute Gasteiger partial charge is 0.414 e. The Morgan fingerprint density at radius 3 is 2.40 bits per heavy atom. The van der Waals surface area contributed by atoms with Gasteiger partial charge in [-0.15, -0.1) is 0 Å². The average molecular weight is 409 g/mol. The van der Waals surface area contributed by atoms with Crippen molar-refractivity contribution in [1.82, 2.24) is 5.32 Å². The fraction of sp³-hybridized carbons (Fsp3) is 0.348. The first kappa shape index (κ1) is 21.4. The molecule has 1 heterocycles.